The number of benzene rings is 2. The molecule has 4 aromatic heterocycles. The number of nitrogens with zero attached hydrogens (tertiary/aromatic N) is 7. The Bertz CT molecular complexity index is 1490. The molecule has 0 fully saturated rings. The van der Waals surface area contributed by atoms with Gasteiger partial charge in [-0.25, -0.2) is 0 Å². The second-order valence-electron chi connectivity index (χ2n) is 8.08. The Morgan fingerprint density at radius 2 is 1.35 bits per heavy atom. The van der Waals surface area contributed by atoms with E-state index >= 15 is 0 Å². The Balaban J connectivity index is 0.000000165. The number of halogens is 3. The van der Waals surface area contributed by atoms with Crippen molar-refractivity contribution in [2.45, 2.75) is 6.18 Å². The predicted molar refractivity (Wildman–Crippen MR) is 135 cm³/mol. The van der Waals surface area contributed by atoms with Gasteiger partial charge in [0.2, 0.25) is 12.7 Å². The van der Waals surface area contributed by atoms with Gasteiger partial charge in [-0.05, 0) is 18.2 Å². The smallest absolute Gasteiger partial charge is 0.431 e. The number of para-hydroxylation sites is 2. The quantitative estimate of drug-likeness (QED) is 0.206. The second kappa shape index (κ2) is 14.2. The van der Waals surface area contributed by atoms with E-state index in [0.717, 1.165) is 17.4 Å². The van der Waals surface area contributed by atoms with Crippen LogP contribution in [0, 0.1) is 24.8 Å². The Morgan fingerprint density at radius 1 is 0.800 bits per heavy atom. The molecule has 4 heterocycles. The molecule has 6 rings (SSSR count). The van der Waals surface area contributed by atoms with Crippen LogP contribution in [0.4, 0.5) is 13.2 Å². The molecule has 0 aliphatic heterocycles. The van der Waals surface area contributed by atoms with Crippen LogP contribution in [0.1, 0.15) is 5.69 Å². The van der Waals surface area contributed by atoms with Gasteiger partial charge in [-0.1, -0.05) is 23.1 Å². The number of hydrogen-bond donors (Lipinski definition) is 0. The van der Waals surface area contributed by atoms with E-state index in [0.29, 0.717) is 5.69 Å². The van der Waals surface area contributed by atoms with Crippen LogP contribution in [0.2, 0.25) is 0 Å². The van der Waals surface area contributed by atoms with E-state index in [-0.39, 0.29) is 25.8 Å². The molecule has 6 aromatic rings. The van der Waals surface area contributed by atoms with E-state index in [9.17, 15) is 13.2 Å². The van der Waals surface area contributed by atoms with E-state index in [4.69, 9.17) is 0 Å². The molecule has 0 unspecified atom stereocenters. The minimum absolute atomic E-state index is 0. The zero-order valence-electron chi connectivity index (χ0n) is 21.4. The van der Waals surface area contributed by atoms with Crippen molar-refractivity contribution in [3.05, 3.63) is 134 Å². The fraction of sp³-hybridized carbons (Fsp3) is 0.103. The first-order valence-electron chi connectivity index (χ1n) is 11.7. The largest absolute Gasteiger partial charge is 0.573 e. The Hall–Kier alpha value is -4.34. The maximum atomic E-state index is 12.2. The SMILES string of the molecule is C[n+]1[c-]n(-c2[c-]cccc2)cc1.C[n+]1[c-]n(-c2[c-]cccc2)cc1.FC(F)(F)c1cc(-c2ccccn2)[n-]n1.[Ir]. The Kier molecular flexibility index (Phi) is 10.7. The summed E-state index contributed by atoms with van der Waals surface area (Å²) in [7, 11) is 3.89. The summed E-state index contributed by atoms with van der Waals surface area (Å²) in [5.41, 5.74) is 1.53. The average Bonchev–Trinajstić information content (AvgIpc) is 3.72. The molecule has 0 aliphatic carbocycles. The number of pyridine rings is 1. The summed E-state index contributed by atoms with van der Waals surface area (Å²) in [5.74, 6) is 0. The van der Waals surface area contributed by atoms with Crippen LogP contribution in [0.15, 0.2) is 104 Å². The van der Waals surface area contributed by atoms with Gasteiger partial charge >= 0.3 is 6.18 Å². The molecule has 0 saturated heterocycles. The molecule has 7 nitrogen and oxygen atoms in total. The van der Waals surface area contributed by atoms with Gasteiger partial charge in [0.1, 0.15) is 5.69 Å². The van der Waals surface area contributed by atoms with Crippen molar-refractivity contribution in [2.24, 2.45) is 14.1 Å². The van der Waals surface area contributed by atoms with E-state index in [1.807, 2.05) is 106 Å². The van der Waals surface area contributed by atoms with Crippen LogP contribution < -0.4 is 14.2 Å². The van der Waals surface area contributed by atoms with Crippen LogP contribution >= 0.6 is 0 Å². The fourth-order valence-electron chi connectivity index (χ4n) is 3.22. The number of hydrogen-bond acceptors (Lipinski definition) is 2. The molecule has 0 spiro atoms. The molecule has 0 bridgehead atoms. The van der Waals surface area contributed by atoms with E-state index in [1.54, 1.807) is 18.2 Å². The summed E-state index contributed by atoms with van der Waals surface area (Å²) < 4.78 is 44.1. The van der Waals surface area contributed by atoms with Crippen molar-refractivity contribution in [3.8, 4) is 22.8 Å². The number of aromatic nitrogens is 7. The first-order chi connectivity index (χ1) is 18.8. The minimum Gasteiger partial charge on any atom is -0.573 e. The first-order valence-corrected chi connectivity index (χ1v) is 11.7. The number of rotatable bonds is 3. The van der Waals surface area contributed by atoms with Gasteiger partial charge in [0.05, 0.1) is 14.1 Å². The molecular formula is C29H23F3IrN7-3. The summed E-state index contributed by atoms with van der Waals surface area (Å²) in [6, 6.07) is 27.7. The third-order valence-electron chi connectivity index (χ3n) is 5.07. The second-order valence-corrected chi connectivity index (χ2v) is 8.08. The summed E-state index contributed by atoms with van der Waals surface area (Å²) in [6.07, 6.45) is 11.0. The van der Waals surface area contributed by atoms with Crippen molar-refractivity contribution >= 4 is 0 Å². The third kappa shape index (κ3) is 8.59. The summed E-state index contributed by atoms with van der Waals surface area (Å²) in [6.45, 7) is 0. The van der Waals surface area contributed by atoms with Gasteiger partial charge < -0.3 is 28.5 Å². The molecule has 2 aromatic carbocycles. The average molecular weight is 719 g/mol. The van der Waals surface area contributed by atoms with Gasteiger partial charge in [0.25, 0.3) is 0 Å². The van der Waals surface area contributed by atoms with Crippen molar-refractivity contribution in [1.29, 1.82) is 0 Å². The van der Waals surface area contributed by atoms with Crippen LogP contribution in [0.25, 0.3) is 22.8 Å². The van der Waals surface area contributed by atoms with Gasteiger partial charge in [-0.15, -0.1) is 0 Å². The molecular weight excluding hydrogens is 696 g/mol. The van der Waals surface area contributed by atoms with Crippen molar-refractivity contribution in [1.82, 2.24) is 24.3 Å². The zero-order chi connectivity index (χ0) is 27.7. The van der Waals surface area contributed by atoms with Gasteiger partial charge in [-0.3, -0.25) is 4.98 Å². The number of alkyl halides is 3. The molecule has 0 aliphatic rings. The zero-order valence-corrected chi connectivity index (χ0v) is 23.8. The third-order valence-corrected chi connectivity index (χ3v) is 5.07. The molecule has 0 N–H and O–H groups in total. The van der Waals surface area contributed by atoms with Crippen LogP contribution in [-0.2, 0) is 40.4 Å². The molecule has 11 heteroatoms. The molecule has 0 atom stereocenters. The molecule has 40 heavy (non-hydrogen) atoms. The van der Waals surface area contributed by atoms with Crippen molar-refractivity contribution in [2.75, 3.05) is 0 Å². The fourth-order valence-corrected chi connectivity index (χ4v) is 3.22. The molecule has 207 valence electrons. The molecule has 0 saturated carbocycles. The van der Waals surface area contributed by atoms with E-state index in [1.165, 1.54) is 6.20 Å². The first kappa shape index (κ1) is 30.2. The Labute approximate surface area is 243 Å². The minimum atomic E-state index is -4.46. The number of imidazole rings is 2. The maximum Gasteiger partial charge on any atom is 0.431 e. The summed E-state index contributed by atoms with van der Waals surface area (Å²) in [4.78, 5) is 3.87. The monoisotopic (exact) mass is 719 g/mol. The summed E-state index contributed by atoms with van der Waals surface area (Å²) in [5, 5.41) is 6.47. The predicted octanol–water partition coefficient (Wildman–Crippen LogP) is 3.92. The van der Waals surface area contributed by atoms with Crippen molar-refractivity contribution < 1.29 is 42.4 Å². The number of aryl methyl sites for hydroxylation is 2. The van der Waals surface area contributed by atoms with E-state index < -0.39 is 11.9 Å². The van der Waals surface area contributed by atoms with Gasteiger partial charge in [0, 0.05) is 56.8 Å². The van der Waals surface area contributed by atoms with Gasteiger partial charge in [-0.2, -0.15) is 73.8 Å². The Morgan fingerprint density at radius 3 is 1.73 bits per heavy atom. The standard InChI is InChI=1S/2C10H9N2.C9H5F3N3.Ir/c2*1-11-7-8-12(9-11)10-5-3-2-4-6-10;10-9(11,12)8-5-7(14-15-8)6-3-1-2-4-13-6;/h2*2-5,7-8H,1H3;1-5H;/q3*-1;. The van der Waals surface area contributed by atoms with Crippen LogP contribution in [0.5, 0.6) is 0 Å². The van der Waals surface area contributed by atoms with Gasteiger partial charge in [0.15, 0.2) is 0 Å². The molecule has 0 amide bonds. The normalized spacial score (nSPS) is 10.4. The van der Waals surface area contributed by atoms with Crippen molar-refractivity contribution in [3.63, 3.8) is 0 Å². The molecule has 1 radical (unpaired) electrons. The maximum absolute atomic E-state index is 12.2. The van der Waals surface area contributed by atoms with E-state index in [2.05, 4.69) is 40.0 Å². The van der Waals surface area contributed by atoms with Crippen LogP contribution in [-0.4, -0.2) is 19.2 Å². The topological polar surface area (TPSA) is 57.5 Å². The van der Waals surface area contributed by atoms with Crippen LogP contribution in [0.3, 0.4) is 0 Å². The summed E-state index contributed by atoms with van der Waals surface area (Å²) >= 11 is 0.